The van der Waals surface area contributed by atoms with E-state index in [9.17, 15) is 13.2 Å². The van der Waals surface area contributed by atoms with Crippen LogP contribution >= 0.6 is 0 Å². The highest BCUT2D eigenvalue weighted by molar-refractivity contribution is 7.85. The van der Waals surface area contributed by atoms with Crippen LogP contribution in [0.2, 0.25) is 0 Å². The number of carbonyl (C=O) groups excluding carboxylic acids is 1. The molecule has 0 bridgehead atoms. The van der Waals surface area contributed by atoms with Crippen LogP contribution in [-0.4, -0.2) is 48.2 Å². The number of carbonyl (C=O) groups is 1. The molecule has 2 unspecified atom stereocenters. The second-order valence-electron chi connectivity index (χ2n) is 5.38. The standard InChI is InChI=1S/C13H21N3O4S/c1-3-4-11-7-13(17)16(8-11)12(9-20-21(2,18)19)15-6-5-14-10-15/h5-6,10-12H,3-4,7-9H2,1-2H3. The zero-order valence-electron chi connectivity index (χ0n) is 12.3. The van der Waals surface area contributed by atoms with Crippen molar-refractivity contribution in [3.05, 3.63) is 18.7 Å². The molecule has 1 fully saturated rings. The molecule has 0 spiro atoms. The molecule has 7 nitrogen and oxygen atoms in total. The second-order valence-corrected chi connectivity index (χ2v) is 7.03. The van der Waals surface area contributed by atoms with Crippen molar-refractivity contribution in [1.29, 1.82) is 0 Å². The fourth-order valence-corrected chi connectivity index (χ4v) is 3.03. The summed E-state index contributed by atoms with van der Waals surface area (Å²) in [5.74, 6) is 0.357. The van der Waals surface area contributed by atoms with Gasteiger partial charge in [0.25, 0.3) is 10.1 Å². The van der Waals surface area contributed by atoms with Gasteiger partial charge in [-0.2, -0.15) is 8.42 Å². The van der Waals surface area contributed by atoms with Crippen LogP contribution < -0.4 is 0 Å². The predicted molar refractivity (Wildman–Crippen MR) is 76.8 cm³/mol. The molecule has 0 N–H and O–H groups in total. The summed E-state index contributed by atoms with van der Waals surface area (Å²) in [6, 6.07) is 0. The molecule has 0 radical (unpaired) electrons. The van der Waals surface area contributed by atoms with E-state index >= 15 is 0 Å². The highest BCUT2D eigenvalue weighted by Gasteiger charge is 2.35. The molecule has 118 valence electrons. The summed E-state index contributed by atoms with van der Waals surface area (Å²) in [6.45, 7) is 2.62. The van der Waals surface area contributed by atoms with E-state index in [0.29, 0.717) is 18.9 Å². The number of aromatic nitrogens is 2. The summed E-state index contributed by atoms with van der Waals surface area (Å²) in [7, 11) is -3.55. The first kappa shape index (κ1) is 16.0. The van der Waals surface area contributed by atoms with Crippen LogP contribution in [0.3, 0.4) is 0 Å². The van der Waals surface area contributed by atoms with Crippen LogP contribution in [0.5, 0.6) is 0 Å². The molecule has 2 heterocycles. The lowest BCUT2D eigenvalue weighted by atomic mass is 10.0. The topological polar surface area (TPSA) is 81.5 Å². The number of likely N-dealkylation sites (tertiary alicyclic amines) is 1. The minimum Gasteiger partial charge on any atom is -0.319 e. The van der Waals surface area contributed by atoms with Gasteiger partial charge in [0, 0.05) is 25.4 Å². The Balaban J connectivity index is 2.14. The van der Waals surface area contributed by atoms with E-state index in [1.807, 2.05) is 0 Å². The highest BCUT2D eigenvalue weighted by atomic mass is 32.2. The number of hydrogen-bond acceptors (Lipinski definition) is 5. The molecule has 0 saturated carbocycles. The van der Waals surface area contributed by atoms with Crippen LogP contribution in [0.25, 0.3) is 0 Å². The molecule has 0 aromatic carbocycles. The summed E-state index contributed by atoms with van der Waals surface area (Å²) < 4.78 is 29.0. The van der Waals surface area contributed by atoms with Gasteiger partial charge >= 0.3 is 0 Å². The van der Waals surface area contributed by atoms with Gasteiger partial charge in [-0.15, -0.1) is 0 Å². The number of hydrogen-bond donors (Lipinski definition) is 0. The smallest absolute Gasteiger partial charge is 0.264 e. The van der Waals surface area contributed by atoms with E-state index in [0.717, 1.165) is 19.1 Å². The van der Waals surface area contributed by atoms with E-state index in [2.05, 4.69) is 11.9 Å². The molecule has 8 heteroatoms. The van der Waals surface area contributed by atoms with Crippen LogP contribution in [-0.2, 0) is 19.1 Å². The first-order valence-corrected chi connectivity index (χ1v) is 8.83. The fourth-order valence-electron chi connectivity index (χ4n) is 2.67. The Morgan fingerprint density at radius 3 is 2.86 bits per heavy atom. The van der Waals surface area contributed by atoms with Gasteiger partial charge < -0.3 is 9.47 Å². The second kappa shape index (κ2) is 6.57. The summed E-state index contributed by atoms with van der Waals surface area (Å²) in [5, 5.41) is 0. The van der Waals surface area contributed by atoms with Crippen molar-refractivity contribution in [3.63, 3.8) is 0 Å². The monoisotopic (exact) mass is 315 g/mol. The Bertz CT molecular complexity index is 570. The Labute approximate surface area is 125 Å². The quantitative estimate of drug-likeness (QED) is 0.701. The molecular formula is C13H21N3O4S. The third-order valence-corrected chi connectivity index (χ3v) is 4.16. The van der Waals surface area contributed by atoms with Crippen LogP contribution in [0.4, 0.5) is 0 Å². The van der Waals surface area contributed by atoms with E-state index < -0.39 is 16.3 Å². The largest absolute Gasteiger partial charge is 0.319 e. The van der Waals surface area contributed by atoms with Crippen molar-refractivity contribution < 1.29 is 17.4 Å². The third kappa shape index (κ3) is 4.28. The minimum atomic E-state index is -3.55. The Kier molecular flexibility index (Phi) is 5.00. The number of imidazole rings is 1. The Morgan fingerprint density at radius 1 is 1.52 bits per heavy atom. The van der Waals surface area contributed by atoms with Gasteiger partial charge in [-0.05, 0) is 12.3 Å². The lowest BCUT2D eigenvalue weighted by Crippen LogP contribution is -2.37. The highest BCUT2D eigenvalue weighted by Crippen LogP contribution is 2.28. The SMILES string of the molecule is CCCC1CC(=O)N(C(COS(C)(=O)=O)n2ccnc2)C1. The van der Waals surface area contributed by atoms with Gasteiger partial charge in [-0.3, -0.25) is 8.98 Å². The molecule has 1 aliphatic heterocycles. The lowest BCUT2D eigenvalue weighted by Gasteiger charge is -2.28. The van der Waals surface area contributed by atoms with Crippen LogP contribution in [0.15, 0.2) is 18.7 Å². The number of nitrogens with zero attached hydrogens (tertiary/aromatic N) is 3. The van der Waals surface area contributed by atoms with Gasteiger partial charge in [0.15, 0.2) is 0 Å². The molecule has 1 amide bonds. The molecule has 1 saturated heterocycles. The maximum Gasteiger partial charge on any atom is 0.264 e. The van der Waals surface area contributed by atoms with Gasteiger partial charge in [-0.25, -0.2) is 4.98 Å². The molecule has 21 heavy (non-hydrogen) atoms. The lowest BCUT2D eigenvalue weighted by molar-refractivity contribution is -0.132. The van der Waals surface area contributed by atoms with Gasteiger partial charge in [-0.1, -0.05) is 13.3 Å². The van der Waals surface area contributed by atoms with E-state index in [1.54, 1.807) is 28.2 Å². The van der Waals surface area contributed by atoms with Crippen LogP contribution in [0, 0.1) is 5.92 Å². The van der Waals surface area contributed by atoms with Crippen molar-refractivity contribution in [3.8, 4) is 0 Å². The van der Waals surface area contributed by atoms with Crippen molar-refractivity contribution in [2.45, 2.75) is 32.4 Å². The number of rotatable bonds is 7. The van der Waals surface area contributed by atoms with Crippen LogP contribution in [0.1, 0.15) is 32.4 Å². The van der Waals surface area contributed by atoms with E-state index in [1.165, 1.54) is 0 Å². The zero-order valence-corrected chi connectivity index (χ0v) is 13.1. The summed E-state index contributed by atoms with van der Waals surface area (Å²) in [5.41, 5.74) is 0. The summed E-state index contributed by atoms with van der Waals surface area (Å²) >= 11 is 0. The third-order valence-electron chi connectivity index (χ3n) is 3.60. The average Bonchev–Trinajstić information content (AvgIpc) is 3.00. The maximum absolute atomic E-state index is 12.2. The predicted octanol–water partition coefficient (Wildman–Crippen LogP) is 1.01. The van der Waals surface area contributed by atoms with Crippen molar-refractivity contribution in [2.24, 2.45) is 5.92 Å². The summed E-state index contributed by atoms with van der Waals surface area (Å²) in [6.07, 6.45) is 7.93. The minimum absolute atomic E-state index is 0.0317. The first-order chi connectivity index (χ1) is 9.90. The molecule has 0 aliphatic carbocycles. The molecule has 1 aromatic rings. The summed E-state index contributed by atoms with van der Waals surface area (Å²) in [4.78, 5) is 17.9. The molecule has 2 rings (SSSR count). The normalized spacial score (nSPS) is 21.0. The molecule has 2 atom stereocenters. The average molecular weight is 315 g/mol. The van der Waals surface area contributed by atoms with Gasteiger partial charge in [0.1, 0.15) is 12.8 Å². The first-order valence-electron chi connectivity index (χ1n) is 7.02. The van der Waals surface area contributed by atoms with Gasteiger partial charge in [0.05, 0.1) is 12.6 Å². The van der Waals surface area contributed by atoms with E-state index in [4.69, 9.17) is 4.18 Å². The fraction of sp³-hybridized carbons (Fsp3) is 0.692. The maximum atomic E-state index is 12.2. The van der Waals surface area contributed by atoms with Crippen molar-refractivity contribution >= 4 is 16.0 Å². The Morgan fingerprint density at radius 2 is 2.29 bits per heavy atom. The van der Waals surface area contributed by atoms with E-state index in [-0.39, 0.29) is 12.5 Å². The zero-order chi connectivity index (χ0) is 15.5. The Hall–Kier alpha value is -1.41. The van der Waals surface area contributed by atoms with Crippen molar-refractivity contribution in [1.82, 2.24) is 14.5 Å². The molecule has 1 aliphatic rings. The number of amides is 1. The molecule has 1 aromatic heterocycles. The van der Waals surface area contributed by atoms with Gasteiger partial charge in [0.2, 0.25) is 5.91 Å². The van der Waals surface area contributed by atoms with Crippen molar-refractivity contribution in [2.75, 3.05) is 19.4 Å². The molecular weight excluding hydrogens is 294 g/mol.